The number of aromatic nitrogens is 1. The number of hydrogen-bond acceptors (Lipinski definition) is 2. The summed E-state index contributed by atoms with van der Waals surface area (Å²) in [6, 6.07) is 9.41. The molecule has 1 saturated heterocycles. The zero-order valence-corrected chi connectivity index (χ0v) is 16.2. The predicted molar refractivity (Wildman–Crippen MR) is 103 cm³/mol. The first-order valence-electron chi connectivity index (χ1n) is 9.02. The molecule has 4 aliphatic rings. The van der Waals surface area contributed by atoms with Crippen molar-refractivity contribution >= 4 is 33.5 Å². The van der Waals surface area contributed by atoms with Gasteiger partial charge in [-0.2, -0.15) is 0 Å². The minimum absolute atomic E-state index is 0.220. The molecule has 4 atom stereocenters. The van der Waals surface area contributed by atoms with Gasteiger partial charge in [-0.3, -0.25) is 0 Å². The van der Waals surface area contributed by atoms with Gasteiger partial charge in [0.1, 0.15) is 11.8 Å². The van der Waals surface area contributed by atoms with Crippen LogP contribution in [0.3, 0.4) is 0 Å². The van der Waals surface area contributed by atoms with Crippen molar-refractivity contribution in [2.45, 2.75) is 51.0 Å². The van der Waals surface area contributed by atoms with Crippen LogP contribution >= 0.6 is 22.6 Å². The van der Waals surface area contributed by atoms with Crippen molar-refractivity contribution in [2.75, 3.05) is 6.54 Å². The summed E-state index contributed by atoms with van der Waals surface area (Å²) < 4.78 is 10.8. The summed E-state index contributed by atoms with van der Waals surface area (Å²) in [4.78, 5) is 2.62. The Morgan fingerprint density at radius 1 is 1.33 bits per heavy atom. The molecular formula is C20H21IN2O. The van der Waals surface area contributed by atoms with Gasteiger partial charge in [0.2, 0.25) is 0 Å². The number of rotatable bonds is 1. The Morgan fingerprint density at radius 2 is 2.17 bits per heavy atom. The van der Waals surface area contributed by atoms with Crippen LogP contribution < -0.4 is 0 Å². The van der Waals surface area contributed by atoms with Crippen LogP contribution in [0, 0.1) is 5.41 Å². The fraction of sp³-hybridized carbons (Fsp3) is 0.500. The Bertz CT molecular complexity index is 931. The monoisotopic (exact) mass is 432 g/mol. The number of fused-ring (bicyclic) bond motifs is 5. The molecule has 4 heteroatoms. The smallest absolute Gasteiger partial charge is 0.143 e. The highest BCUT2D eigenvalue weighted by Crippen LogP contribution is 2.67. The average Bonchev–Trinajstić information content (AvgIpc) is 3.06. The highest BCUT2D eigenvalue weighted by atomic mass is 127. The lowest BCUT2D eigenvalue weighted by molar-refractivity contribution is -0.0687. The minimum atomic E-state index is -0.220. The molecule has 0 N–H and O–H groups in total. The van der Waals surface area contributed by atoms with Crippen LogP contribution in [0.1, 0.15) is 44.0 Å². The molecule has 24 heavy (non-hydrogen) atoms. The molecule has 1 aromatic heterocycles. The summed E-state index contributed by atoms with van der Waals surface area (Å²) >= 11 is 2.52. The number of halogens is 1. The Morgan fingerprint density at radius 3 is 3.00 bits per heavy atom. The zero-order chi connectivity index (χ0) is 16.3. The minimum Gasteiger partial charge on any atom is -0.367 e. The van der Waals surface area contributed by atoms with Crippen LogP contribution in [-0.4, -0.2) is 22.1 Å². The SMILES string of the molecule is CC[C@@]12C[C@@]3(C)O[C@@H]1C(I)=CN1CCc4c(n3c3ccccc43)[C@@H]12. The molecule has 1 aromatic carbocycles. The predicted octanol–water partition coefficient (Wildman–Crippen LogP) is 4.70. The molecular weight excluding hydrogens is 411 g/mol. The summed E-state index contributed by atoms with van der Waals surface area (Å²) in [7, 11) is 0. The van der Waals surface area contributed by atoms with E-state index in [0.29, 0.717) is 6.04 Å². The second kappa shape index (κ2) is 4.21. The molecule has 124 valence electrons. The first-order valence-corrected chi connectivity index (χ1v) is 10.1. The maximum absolute atomic E-state index is 6.83. The van der Waals surface area contributed by atoms with Crippen molar-refractivity contribution < 1.29 is 4.74 Å². The van der Waals surface area contributed by atoms with E-state index in [0.717, 1.165) is 19.4 Å². The summed E-state index contributed by atoms with van der Waals surface area (Å²) in [6.07, 6.45) is 6.06. The highest BCUT2D eigenvalue weighted by Gasteiger charge is 2.66. The van der Waals surface area contributed by atoms with Crippen LogP contribution in [0.5, 0.6) is 0 Å². The Balaban J connectivity index is 1.79. The summed E-state index contributed by atoms with van der Waals surface area (Å²) in [5.74, 6) is 0. The maximum atomic E-state index is 6.83. The molecule has 0 unspecified atom stereocenters. The molecule has 0 radical (unpaired) electrons. The van der Waals surface area contributed by atoms with E-state index < -0.39 is 0 Å². The van der Waals surface area contributed by atoms with Crippen molar-refractivity contribution in [1.82, 2.24) is 9.47 Å². The van der Waals surface area contributed by atoms with E-state index in [1.54, 1.807) is 11.3 Å². The second-order valence-corrected chi connectivity index (χ2v) is 9.30. The summed E-state index contributed by atoms with van der Waals surface area (Å²) in [6.45, 7) is 5.81. The lowest BCUT2D eigenvalue weighted by Gasteiger charge is -2.53. The van der Waals surface area contributed by atoms with Gasteiger partial charge in [-0.25, -0.2) is 0 Å². The number of hydrogen-bond donors (Lipinski definition) is 0. The lowest BCUT2D eigenvalue weighted by atomic mass is 9.64. The molecule has 0 amide bonds. The Labute approximate surface area is 155 Å². The van der Waals surface area contributed by atoms with Crippen LogP contribution in [0.2, 0.25) is 0 Å². The number of nitrogens with zero attached hydrogens (tertiary/aromatic N) is 2. The lowest BCUT2D eigenvalue weighted by Crippen LogP contribution is -2.52. The molecule has 0 spiro atoms. The first-order chi connectivity index (χ1) is 11.6. The molecule has 4 aliphatic heterocycles. The first kappa shape index (κ1) is 14.2. The molecule has 6 rings (SSSR count). The van der Waals surface area contributed by atoms with Gasteiger partial charge in [0.05, 0.1) is 11.6 Å². The van der Waals surface area contributed by atoms with E-state index >= 15 is 0 Å². The van der Waals surface area contributed by atoms with Crippen molar-refractivity contribution in [2.24, 2.45) is 5.41 Å². The molecule has 0 saturated carbocycles. The highest BCUT2D eigenvalue weighted by molar-refractivity contribution is 14.1. The van der Waals surface area contributed by atoms with Crippen LogP contribution in [0.4, 0.5) is 0 Å². The molecule has 5 heterocycles. The van der Waals surface area contributed by atoms with Crippen molar-refractivity contribution in [3.8, 4) is 0 Å². The van der Waals surface area contributed by atoms with Gasteiger partial charge in [-0.1, -0.05) is 25.1 Å². The fourth-order valence-electron chi connectivity index (χ4n) is 6.20. The molecule has 1 fully saturated rings. The van der Waals surface area contributed by atoms with Crippen LogP contribution in [0.25, 0.3) is 10.9 Å². The summed E-state index contributed by atoms with van der Waals surface area (Å²) in [5.41, 5.74) is 4.48. The van der Waals surface area contributed by atoms with Gasteiger partial charge in [-0.15, -0.1) is 0 Å². The van der Waals surface area contributed by atoms with E-state index in [-0.39, 0.29) is 17.2 Å². The van der Waals surface area contributed by atoms with E-state index in [9.17, 15) is 0 Å². The average molecular weight is 432 g/mol. The summed E-state index contributed by atoms with van der Waals surface area (Å²) in [5, 5.41) is 1.44. The van der Waals surface area contributed by atoms with Gasteiger partial charge in [0.15, 0.2) is 0 Å². The van der Waals surface area contributed by atoms with Crippen LogP contribution in [0.15, 0.2) is 34.0 Å². The second-order valence-electron chi connectivity index (χ2n) is 8.06. The van der Waals surface area contributed by atoms with Gasteiger partial charge in [-0.05, 0) is 54.0 Å². The molecule has 0 aliphatic carbocycles. The van der Waals surface area contributed by atoms with Crippen molar-refractivity contribution in [3.05, 3.63) is 45.3 Å². The largest absolute Gasteiger partial charge is 0.367 e. The van der Waals surface area contributed by atoms with E-state index in [2.05, 4.69) is 76.4 Å². The van der Waals surface area contributed by atoms with Crippen molar-refractivity contribution in [3.63, 3.8) is 0 Å². The molecule has 3 nitrogen and oxygen atoms in total. The number of para-hydroxylation sites is 1. The van der Waals surface area contributed by atoms with Crippen LogP contribution in [-0.2, 0) is 16.9 Å². The maximum Gasteiger partial charge on any atom is 0.143 e. The Kier molecular flexibility index (Phi) is 2.49. The third-order valence-electron chi connectivity index (χ3n) is 7.00. The van der Waals surface area contributed by atoms with E-state index in [4.69, 9.17) is 4.74 Å². The quantitative estimate of drug-likeness (QED) is 0.608. The third kappa shape index (κ3) is 1.34. The zero-order valence-electron chi connectivity index (χ0n) is 14.1. The van der Waals surface area contributed by atoms with E-state index in [1.165, 1.54) is 20.9 Å². The Hall–Kier alpha value is -1.01. The van der Waals surface area contributed by atoms with Gasteiger partial charge in [0.25, 0.3) is 0 Å². The standard InChI is InChI=1S/C20H21IN2O/c1-3-20-11-19(2)23-15-7-5-4-6-12(15)13-8-9-22(17(20)16(13)23)10-14(21)18(20)24-19/h4-7,10,17-18H,3,8-9,11H2,1-2H3/t17-,18-,19-,20+/m1/s1. The third-order valence-corrected chi connectivity index (χ3v) is 7.84. The van der Waals surface area contributed by atoms with Gasteiger partial charge >= 0.3 is 0 Å². The molecule has 2 bridgehead atoms. The van der Waals surface area contributed by atoms with Crippen molar-refractivity contribution in [1.29, 1.82) is 0 Å². The van der Waals surface area contributed by atoms with E-state index in [1.807, 2.05) is 0 Å². The topological polar surface area (TPSA) is 17.4 Å². The number of benzene rings is 1. The fourth-order valence-corrected chi connectivity index (χ4v) is 7.31. The normalized spacial score (nSPS) is 38.6. The van der Waals surface area contributed by atoms with Gasteiger partial charge in [0, 0.05) is 39.2 Å². The number of ether oxygens (including phenoxy) is 1. The molecule has 2 aromatic rings. The van der Waals surface area contributed by atoms with Gasteiger partial charge < -0.3 is 14.2 Å².